The molecule has 8 heteroatoms. The molecule has 2 heterocycles. The first-order chi connectivity index (χ1) is 16.6. The van der Waals surface area contributed by atoms with Gasteiger partial charge in [-0.3, -0.25) is 14.2 Å². The molecule has 1 N–H and O–H groups in total. The molecular formula is C26H30FN3O2S2. The van der Waals surface area contributed by atoms with Crippen molar-refractivity contribution in [3.8, 4) is 5.69 Å². The third kappa shape index (κ3) is 4.93. The number of thioether (sulfide) groups is 1. The van der Waals surface area contributed by atoms with E-state index in [0.717, 1.165) is 56.9 Å². The van der Waals surface area contributed by atoms with Crippen molar-refractivity contribution in [2.75, 3.05) is 5.75 Å². The van der Waals surface area contributed by atoms with E-state index in [1.165, 1.54) is 46.5 Å². The summed E-state index contributed by atoms with van der Waals surface area (Å²) in [6, 6.07) is 6.49. The number of aromatic nitrogens is 2. The fourth-order valence-electron chi connectivity index (χ4n) is 5.13. The van der Waals surface area contributed by atoms with Gasteiger partial charge < -0.3 is 5.32 Å². The van der Waals surface area contributed by atoms with E-state index in [1.54, 1.807) is 29.5 Å². The van der Waals surface area contributed by atoms with E-state index in [9.17, 15) is 14.0 Å². The first kappa shape index (κ1) is 23.5. The zero-order chi connectivity index (χ0) is 23.5. The van der Waals surface area contributed by atoms with Crippen molar-refractivity contribution in [2.24, 2.45) is 0 Å². The molecule has 5 nitrogen and oxygen atoms in total. The predicted molar refractivity (Wildman–Crippen MR) is 137 cm³/mol. The van der Waals surface area contributed by atoms with Crippen molar-refractivity contribution in [1.29, 1.82) is 0 Å². The van der Waals surface area contributed by atoms with Crippen molar-refractivity contribution >= 4 is 39.2 Å². The van der Waals surface area contributed by atoms with Crippen LogP contribution in [-0.4, -0.2) is 27.3 Å². The molecule has 0 radical (unpaired) electrons. The van der Waals surface area contributed by atoms with E-state index < -0.39 is 5.82 Å². The fourth-order valence-corrected chi connectivity index (χ4v) is 7.25. The quantitative estimate of drug-likeness (QED) is 0.357. The van der Waals surface area contributed by atoms with Gasteiger partial charge in [0.05, 0.1) is 16.8 Å². The number of aryl methyl sites for hydroxylation is 2. The Labute approximate surface area is 207 Å². The summed E-state index contributed by atoms with van der Waals surface area (Å²) in [5.74, 6) is -0.389. The largest absolute Gasteiger partial charge is 0.353 e. The van der Waals surface area contributed by atoms with Gasteiger partial charge >= 0.3 is 0 Å². The van der Waals surface area contributed by atoms with E-state index in [2.05, 4.69) is 5.32 Å². The van der Waals surface area contributed by atoms with Gasteiger partial charge in [-0.05, 0) is 56.2 Å². The number of carbonyl (C=O) groups excluding carboxylic acids is 1. The Bertz CT molecular complexity index is 1240. The first-order valence-corrected chi connectivity index (χ1v) is 14.2. The molecule has 2 aliphatic carbocycles. The lowest BCUT2D eigenvalue weighted by atomic mass is 9.97. The van der Waals surface area contributed by atoms with Gasteiger partial charge in [-0.15, -0.1) is 11.3 Å². The number of para-hydroxylation sites is 1. The van der Waals surface area contributed by atoms with Crippen LogP contribution in [0.5, 0.6) is 0 Å². The van der Waals surface area contributed by atoms with Crippen LogP contribution in [0.25, 0.3) is 15.9 Å². The number of rotatable bonds is 5. The fraction of sp³-hybridized carbons (Fsp3) is 0.500. The van der Waals surface area contributed by atoms with Crippen LogP contribution < -0.4 is 10.9 Å². The number of nitrogens with zero attached hydrogens (tertiary/aromatic N) is 2. The number of amides is 1. The van der Waals surface area contributed by atoms with Crippen LogP contribution in [0.3, 0.4) is 0 Å². The lowest BCUT2D eigenvalue weighted by Crippen LogP contribution is -2.36. The second-order valence-corrected chi connectivity index (χ2v) is 11.3. The average Bonchev–Trinajstić information content (AvgIpc) is 3.19. The Morgan fingerprint density at radius 1 is 1.09 bits per heavy atom. The number of hydrogen-bond donors (Lipinski definition) is 1. The molecular weight excluding hydrogens is 469 g/mol. The second-order valence-electron chi connectivity index (χ2n) is 9.28. The van der Waals surface area contributed by atoms with Crippen LogP contribution in [0.4, 0.5) is 4.39 Å². The SMILES string of the molecule is O=C(CSc1nc2sc3c(c2c(=O)n1-c1ccccc1F)CCCC3)NC1CCCCCCC1. The van der Waals surface area contributed by atoms with Gasteiger partial charge in [0.1, 0.15) is 10.6 Å². The minimum absolute atomic E-state index is 0.0597. The number of nitrogens with one attached hydrogen (secondary N) is 1. The van der Waals surface area contributed by atoms with Gasteiger partial charge in [0.15, 0.2) is 5.16 Å². The Balaban J connectivity index is 1.46. The van der Waals surface area contributed by atoms with Crippen LogP contribution in [0.15, 0.2) is 34.2 Å². The maximum absolute atomic E-state index is 14.8. The molecule has 0 bridgehead atoms. The van der Waals surface area contributed by atoms with Gasteiger partial charge in [-0.25, -0.2) is 9.37 Å². The number of fused-ring (bicyclic) bond motifs is 3. The molecule has 1 saturated carbocycles. The maximum Gasteiger partial charge on any atom is 0.267 e. The molecule has 0 spiro atoms. The van der Waals surface area contributed by atoms with Crippen molar-refractivity contribution in [3.63, 3.8) is 0 Å². The molecule has 2 aliphatic rings. The zero-order valence-electron chi connectivity index (χ0n) is 19.3. The van der Waals surface area contributed by atoms with Crippen LogP contribution >= 0.6 is 23.1 Å². The lowest BCUT2D eigenvalue weighted by molar-refractivity contribution is -0.119. The number of thiophene rings is 1. The van der Waals surface area contributed by atoms with Crippen LogP contribution in [-0.2, 0) is 17.6 Å². The third-order valence-electron chi connectivity index (χ3n) is 6.85. The molecule has 34 heavy (non-hydrogen) atoms. The Hall–Kier alpha value is -2.19. The highest BCUT2D eigenvalue weighted by Gasteiger charge is 2.24. The van der Waals surface area contributed by atoms with E-state index in [0.29, 0.717) is 15.4 Å². The van der Waals surface area contributed by atoms with Crippen LogP contribution in [0.2, 0.25) is 0 Å². The highest BCUT2D eigenvalue weighted by Crippen LogP contribution is 2.35. The summed E-state index contributed by atoms with van der Waals surface area (Å²) in [5, 5.41) is 4.16. The summed E-state index contributed by atoms with van der Waals surface area (Å²) < 4.78 is 16.2. The van der Waals surface area contributed by atoms with Gasteiger partial charge in [0, 0.05) is 10.9 Å². The first-order valence-electron chi connectivity index (χ1n) is 12.4. The summed E-state index contributed by atoms with van der Waals surface area (Å²) in [7, 11) is 0. The molecule has 1 amide bonds. The normalized spacial score (nSPS) is 17.2. The molecule has 1 fully saturated rings. The highest BCUT2D eigenvalue weighted by atomic mass is 32.2. The maximum atomic E-state index is 14.8. The lowest BCUT2D eigenvalue weighted by Gasteiger charge is -2.21. The smallest absolute Gasteiger partial charge is 0.267 e. The van der Waals surface area contributed by atoms with E-state index in [-0.39, 0.29) is 28.9 Å². The van der Waals surface area contributed by atoms with E-state index in [1.807, 2.05) is 0 Å². The number of hydrogen-bond acceptors (Lipinski definition) is 5. The number of halogens is 1. The van der Waals surface area contributed by atoms with E-state index >= 15 is 0 Å². The minimum Gasteiger partial charge on any atom is -0.353 e. The molecule has 0 saturated heterocycles. The molecule has 0 aliphatic heterocycles. The van der Waals surface area contributed by atoms with Gasteiger partial charge in [0.2, 0.25) is 5.91 Å². The number of benzene rings is 1. The van der Waals surface area contributed by atoms with Crippen LogP contribution in [0, 0.1) is 5.82 Å². The van der Waals surface area contributed by atoms with Gasteiger partial charge in [-0.2, -0.15) is 0 Å². The molecule has 1 aromatic carbocycles. The van der Waals surface area contributed by atoms with Crippen molar-refractivity contribution in [2.45, 2.75) is 81.8 Å². The third-order valence-corrected chi connectivity index (χ3v) is 8.98. The van der Waals surface area contributed by atoms with Crippen molar-refractivity contribution in [3.05, 3.63) is 50.9 Å². The molecule has 0 unspecified atom stereocenters. The Kier molecular flexibility index (Phi) is 7.34. The van der Waals surface area contributed by atoms with Crippen molar-refractivity contribution < 1.29 is 9.18 Å². The Morgan fingerprint density at radius 2 is 1.82 bits per heavy atom. The average molecular weight is 500 g/mol. The standard InChI is InChI=1S/C26H30FN3O2S2/c27-19-13-7-8-14-20(19)30-25(32)23-18-12-6-9-15-21(18)34-24(23)29-26(30)33-16-22(31)28-17-10-4-2-1-3-5-11-17/h7-8,13-14,17H,1-6,9-12,15-16H2,(H,28,31). The summed E-state index contributed by atoms with van der Waals surface area (Å²) in [5.41, 5.74) is 1.02. The molecule has 180 valence electrons. The van der Waals surface area contributed by atoms with Gasteiger partial charge in [0.25, 0.3) is 5.56 Å². The molecule has 2 aromatic heterocycles. The topological polar surface area (TPSA) is 64.0 Å². The monoisotopic (exact) mass is 499 g/mol. The van der Waals surface area contributed by atoms with Gasteiger partial charge in [-0.1, -0.05) is 56.0 Å². The van der Waals surface area contributed by atoms with Crippen LogP contribution in [0.1, 0.15) is 68.2 Å². The molecule has 3 aromatic rings. The number of carbonyl (C=O) groups is 1. The minimum atomic E-state index is -0.476. The highest BCUT2D eigenvalue weighted by molar-refractivity contribution is 7.99. The second kappa shape index (κ2) is 10.6. The van der Waals surface area contributed by atoms with Crippen molar-refractivity contribution in [1.82, 2.24) is 14.9 Å². The summed E-state index contributed by atoms with van der Waals surface area (Å²) in [6.45, 7) is 0. The molecule has 0 atom stereocenters. The summed E-state index contributed by atoms with van der Waals surface area (Å²) in [6.07, 6.45) is 12.0. The Morgan fingerprint density at radius 3 is 2.62 bits per heavy atom. The zero-order valence-corrected chi connectivity index (χ0v) is 20.9. The molecule has 5 rings (SSSR count). The van der Waals surface area contributed by atoms with E-state index in [4.69, 9.17) is 4.98 Å². The predicted octanol–water partition coefficient (Wildman–Crippen LogP) is 5.79. The summed E-state index contributed by atoms with van der Waals surface area (Å²) >= 11 is 2.78. The summed E-state index contributed by atoms with van der Waals surface area (Å²) in [4.78, 5) is 33.2.